The Morgan fingerprint density at radius 3 is 1.61 bits per heavy atom. The van der Waals surface area contributed by atoms with Crippen LogP contribution >= 0.6 is 7.60 Å². The van der Waals surface area contributed by atoms with E-state index in [1.54, 1.807) is 24.3 Å². The predicted octanol–water partition coefficient (Wildman–Crippen LogP) is 5.71. The Kier molecular flexibility index (Phi) is 9.10. The summed E-state index contributed by atoms with van der Waals surface area (Å²) in [7, 11) is -3.78. The minimum atomic E-state index is -3.78. The molecule has 0 aliphatic carbocycles. The fourth-order valence-corrected chi connectivity index (χ4v) is 4.22. The topological polar surface area (TPSA) is 88.1 Å². The van der Waals surface area contributed by atoms with Crippen molar-refractivity contribution in [1.29, 1.82) is 0 Å². The van der Waals surface area contributed by atoms with Gasteiger partial charge in [0.25, 0.3) is 0 Å². The summed E-state index contributed by atoms with van der Waals surface area (Å²) in [5.74, 6) is -1.04. The largest absolute Gasteiger partial charge is 0.430 e. The van der Waals surface area contributed by atoms with Crippen LogP contribution in [-0.4, -0.2) is 18.1 Å². The fraction of sp³-hybridized carbons (Fsp3) is 0.217. The highest BCUT2D eigenvalue weighted by Crippen LogP contribution is 2.52. The summed E-state index contributed by atoms with van der Waals surface area (Å²) in [5.41, 5.74) is 0. The maximum Gasteiger partial charge on any atom is 0.430 e. The molecule has 0 atom stereocenters. The summed E-state index contributed by atoms with van der Waals surface area (Å²) in [6, 6.07) is 12.6. The van der Waals surface area contributed by atoms with Crippen molar-refractivity contribution >= 4 is 19.5 Å². The highest BCUT2D eigenvalue weighted by molar-refractivity contribution is 7.54. The van der Waals surface area contributed by atoms with Gasteiger partial charge >= 0.3 is 19.5 Å². The maximum absolute atomic E-state index is 13.7. The molecule has 164 valence electrons. The van der Waals surface area contributed by atoms with E-state index in [1.165, 1.54) is 24.3 Å². The molecule has 0 bridgehead atoms. The number of benzene rings is 2. The van der Waals surface area contributed by atoms with Crippen LogP contribution in [0.1, 0.15) is 26.2 Å². The third-order valence-electron chi connectivity index (χ3n) is 3.96. The van der Waals surface area contributed by atoms with Gasteiger partial charge in [0.1, 0.15) is 0 Å². The van der Waals surface area contributed by atoms with Crippen LogP contribution in [0.4, 0.5) is 0 Å². The molecule has 8 heteroatoms. The Morgan fingerprint density at radius 1 is 0.806 bits per heavy atom. The average Bonchev–Trinajstić information content (AvgIpc) is 2.76. The van der Waals surface area contributed by atoms with E-state index in [-0.39, 0.29) is 29.2 Å². The third kappa shape index (κ3) is 7.46. The number of ether oxygens (including phenoxy) is 2. The second-order valence-corrected chi connectivity index (χ2v) is 8.40. The molecule has 0 fully saturated rings. The number of carbonyl (C=O) groups excluding carboxylic acids is 2. The van der Waals surface area contributed by atoms with Gasteiger partial charge in [-0.2, -0.15) is 0 Å². The molecule has 0 heterocycles. The van der Waals surface area contributed by atoms with E-state index in [1.807, 2.05) is 6.92 Å². The number of hydrogen-bond acceptors (Lipinski definition) is 7. The van der Waals surface area contributed by atoms with Gasteiger partial charge < -0.3 is 18.5 Å². The van der Waals surface area contributed by atoms with Gasteiger partial charge in [-0.15, -0.1) is 0 Å². The Balaban J connectivity index is 2.35. The first-order valence-electron chi connectivity index (χ1n) is 9.75. The lowest BCUT2D eigenvalue weighted by Crippen LogP contribution is -2.10. The number of esters is 2. The minimum Gasteiger partial charge on any atom is -0.419 e. The van der Waals surface area contributed by atoms with Crippen LogP contribution in [0.15, 0.2) is 73.8 Å². The second kappa shape index (κ2) is 11.8. The van der Waals surface area contributed by atoms with Gasteiger partial charge in [-0.25, -0.2) is 14.2 Å². The van der Waals surface area contributed by atoms with Crippen molar-refractivity contribution in [3.05, 3.63) is 73.8 Å². The van der Waals surface area contributed by atoms with E-state index in [9.17, 15) is 14.2 Å². The molecule has 0 amide bonds. The first-order chi connectivity index (χ1) is 14.9. The van der Waals surface area contributed by atoms with E-state index < -0.39 is 19.5 Å². The molecule has 2 rings (SSSR count). The third-order valence-corrected chi connectivity index (χ3v) is 5.78. The smallest absolute Gasteiger partial charge is 0.419 e. The van der Waals surface area contributed by atoms with Crippen LogP contribution in [-0.2, 0) is 14.2 Å². The predicted molar refractivity (Wildman–Crippen MR) is 118 cm³/mol. The van der Waals surface area contributed by atoms with E-state index in [0.29, 0.717) is 6.42 Å². The summed E-state index contributed by atoms with van der Waals surface area (Å²) < 4.78 is 35.6. The molecule has 0 saturated heterocycles. The minimum absolute atomic E-state index is 0.0816. The molecule has 0 spiro atoms. The van der Waals surface area contributed by atoms with Crippen LogP contribution in [0.5, 0.6) is 23.0 Å². The Bertz CT molecular complexity index is 912. The number of unbranched alkanes of at least 4 members (excludes halogenated alkanes) is 2. The standard InChI is InChI=1S/C23H25O7P/c1-4-7-12-17-31(26,29-20-15-10-8-13-18(20)27-22(24)5-2)30-21-16-11-9-14-19(21)28-23(25)6-3/h5-6,8-11,13-16H,2-4,7,12,17H2,1H3. The van der Waals surface area contributed by atoms with Gasteiger partial charge in [0.2, 0.25) is 0 Å². The summed E-state index contributed by atoms with van der Waals surface area (Å²) in [5, 5.41) is 0. The summed E-state index contributed by atoms with van der Waals surface area (Å²) in [6.45, 7) is 8.74. The summed E-state index contributed by atoms with van der Waals surface area (Å²) in [6.07, 6.45) is 4.43. The Labute approximate surface area is 181 Å². The van der Waals surface area contributed by atoms with E-state index in [2.05, 4.69) is 13.2 Å². The number of rotatable bonds is 12. The van der Waals surface area contributed by atoms with Crippen molar-refractivity contribution in [2.24, 2.45) is 0 Å². The second-order valence-electron chi connectivity index (χ2n) is 6.37. The SMILES string of the molecule is C=CC(=O)Oc1ccccc1OP(=O)(CCCCC)Oc1ccccc1OC(=O)C=C. The molecule has 0 aliphatic heterocycles. The zero-order chi connectivity index (χ0) is 22.7. The number of carbonyl (C=O) groups is 2. The summed E-state index contributed by atoms with van der Waals surface area (Å²) >= 11 is 0. The van der Waals surface area contributed by atoms with Gasteiger partial charge in [0.15, 0.2) is 23.0 Å². The first-order valence-corrected chi connectivity index (χ1v) is 11.5. The zero-order valence-corrected chi connectivity index (χ0v) is 18.2. The van der Waals surface area contributed by atoms with Gasteiger partial charge in [-0.05, 0) is 30.7 Å². The molecule has 0 N–H and O–H groups in total. The quantitative estimate of drug-likeness (QED) is 0.136. The highest BCUT2D eigenvalue weighted by Gasteiger charge is 2.30. The van der Waals surface area contributed by atoms with Gasteiger partial charge in [-0.3, -0.25) is 0 Å². The molecule has 0 aliphatic rings. The van der Waals surface area contributed by atoms with Crippen molar-refractivity contribution in [2.45, 2.75) is 26.2 Å². The molecule has 0 unspecified atom stereocenters. The Morgan fingerprint density at radius 2 is 1.23 bits per heavy atom. The molecule has 0 radical (unpaired) electrons. The monoisotopic (exact) mass is 444 g/mol. The highest BCUT2D eigenvalue weighted by atomic mass is 31.2. The van der Waals surface area contributed by atoms with Crippen LogP contribution < -0.4 is 18.5 Å². The van der Waals surface area contributed by atoms with Crippen molar-refractivity contribution in [2.75, 3.05) is 6.16 Å². The molecule has 31 heavy (non-hydrogen) atoms. The van der Waals surface area contributed by atoms with Gasteiger partial charge in [0.05, 0.1) is 6.16 Å². The molecular formula is C23H25O7P. The van der Waals surface area contributed by atoms with Crippen LogP contribution in [0.2, 0.25) is 0 Å². The molecular weight excluding hydrogens is 419 g/mol. The van der Waals surface area contributed by atoms with Crippen LogP contribution in [0.3, 0.4) is 0 Å². The van der Waals surface area contributed by atoms with Gasteiger partial charge in [0, 0.05) is 12.2 Å². The van der Waals surface area contributed by atoms with Crippen LogP contribution in [0, 0.1) is 0 Å². The molecule has 0 aromatic heterocycles. The zero-order valence-electron chi connectivity index (χ0n) is 17.3. The molecule has 0 saturated carbocycles. The van der Waals surface area contributed by atoms with Crippen molar-refractivity contribution < 1.29 is 32.7 Å². The van der Waals surface area contributed by atoms with E-state index in [0.717, 1.165) is 25.0 Å². The molecule has 2 aromatic rings. The lowest BCUT2D eigenvalue weighted by molar-refractivity contribution is -0.129. The Hall–Kier alpha value is -3.31. The average molecular weight is 444 g/mol. The first kappa shape index (κ1) is 24.0. The van der Waals surface area contributed by atoms with Crippen LogP contribution in [0.25, 0.3) is 0 Å². The molecule has 2 aromatic carbocycles. The summed E-state index contributed by atoms with van der Waals surface area (Å²) in [4.78, 5) is 23.2. The van der Waals surface area contributed by atoms with Gasteiger partial charge in [-0.1, -0.05) is 57.2 Å². The fourth-order valence-electron chi connectivity index (χ4n) is 2.48. The maximum atomic E-state index is 13.7. The van der Waals surface area contributed by atoms with Crippen molar-refractivity contribution in [3.8, 4) is 23.0 Å². The van der Waals surface area contributed by atoms with Crippen molar-refractivity contribution in [3.63, 3.8) is 0 Å². The van der Waals surface area contributed by atoms with E-state index >= 15 is 0 Å². The van der Waals surface area contributed by atoms with E-state index in [4.69, 9.17) is 18.5 Å². The number of para-hydroxylation sites is 4. The lowest BCUT2D eigenvalue weighted by atomic mass is 10.3. The number of hydrogen-bond donors (Lipinski definition) is 0. The normalized spacial score (nSPS) is 10.6. The lowest BCUT2D eigenvalue weighted by Gasteiger charge is -2.22. The van der Waals surface area contributed by atoms with Crippen molar-refractivity contribution in [1.82, 2.24) is 0 Å². The molecule has 7 nitrogen and oxygen atoms in total.